The number of carbonyl (C=O) groups is 3. The number of carbonyl (C=O) groups excluding carboxylic acids is 2. The Kier molecular flexibility index (Phi) is 12.4. The largest absolute Gasteiger partial charge is 0.479 e. The van der Waals surface area contributed by atoms with Crippen molar-refractivity contribution in [2.24, 2.45) is 0 Å². The van der Waals surface area contributed by atoms with Crippen LogP contribution in [-0.4, -0.2) is 139 Å². The average molecular weight is 514 g/mol. The van der Waals surface area contributed by atoms with Crippen LogP contribution < -0.4 is 10.6 Å². The zero-order chi connectivity index (χ0) is 27.0. The monoisotopic (exact) mass is 514 g/mol. The Labute approximate surface area is 200 Å². The number of hydrogen-bond acceptors (Lipinski definition) is 13. The van der Waals surface area contributed by atoms with E-state index in [1.807, 2.05) is 0 Å². The van der Waals surface area contributed by atoms with Gasteiger partial charge < -0.3 is 65.7 Å². The normalized spacial score (nSPS) is 37.9. The fourth-order valence-electron chi connectivity index (χ4n) is 3.42. The van der Waals surface area contributed by atoms with Crippen molar-refractivity contribution in [2.45, 2.75) is 88.2 Å². The molecule has 0 aromatic carbocycles. The number of nitrogens with one attached hydrogen (secondary N) is 2. The van der Waals surface area contributed by atoms with Crippen molar-refractivity contribution in [2.75, 3.05) is 13.2 Å². The first-order chi connectivity index (χ1) is 16.2. The molecular formula is C19H34N2O14. The van der Waals surface area contributed by atoms with Crippen molar-refractivity contribution in [3.8, 4) is 0 Å². The molecule has 2 amide bonds. The lowest BCUT2D eigenvalue weighted by molar-refractivity contribution is -0.267. The second-order valence-corrected chi connectivity index (χ2v) is 8.00. The van der Waals surface area contributed by atoms with E-state index in [1.54, 1.807) is 0 Å². The summed E-state index contributed by atoms with van der Waals surface area (Å²) in [4.78, 5) is 32.6. The van der Waals surface area contributed by atoms with Gasteiger partial charge in [-0.2, -0.15) is 0 Å². The van der Waals surface area contributed by atoms with Crippen LogP contribution in [0.4, 0.5) is 0 Å². The van der Waals surface area contributed by atoms with Crippen molar-refractivity contribution >= 4 is 17.8 Å². The molecule has 11 atom stereocenters. The molecule has 2 saturated heterocycles. The van der Waals surface area contributed by atoms with E-state index < -0.39 is 98.4 Å². The van der Waals surface area contributed by atoms with Crippen LogP contribution in [0.15, 0.2) is 0 Å². The van der Waals surface area contributed by atoms with Gasteiger partial charge in [-0.3, -0.25) is 9.59 Å². The summed E-state index contributed by atoms with van der Waals surface area (Å²) in [6.07, 6.45) is -11.8. The van der Waals surface area contributed by atoms with Crippen molar-refractivity contribution in [3.05, 3.63) is 0 Å². The van der Waals surface area contributed by atoms with Crippen LogP contribution in [0.2, 0.25) is 0 Å². The Hall–Kier alpha value is -1.99. The molecule has 0 saturated carbocycles. The number of aliphatic hydroxyl groups excluding tert-OH is 7. The minimum Gasteiger partial charge on any atom is -0.479 e. The summed E-state index contributed by atoms with van der Waals surface area (Å²) in [6.45, 7) is 2.53. The van der Waals surface area contributed by atoms with Gasteiger partial charge >= 0.3 is 5.97 Å². The molecular weight excluding hydrogens is 480 g/mol. The molecule has 2 rings (SSSR count). The van der Waals surface area contributed by atoms with E-state index >= 15 is 0 Å². The number of hydrogen-bond donors (Lipinski definition) is 10. The molecule has 16 heteroatoms. The number of carboxylic acid groups (broad SMARTS) is 1. The number of amides is 2. The molecule has 16 nitrogen and oxygen atoms in total. The Bertz CT molecular complexity index is 711. The van der Waals surface area contributed by atoms with Crippen molar-refractivity contribution in [3.63, 3.8) is 0 Å². The van der Waals surface area contributed by atoms with Gasteiger partial charge in [-0.05, 0) is 6.92 Å². The molecule has 35 heavy (non-hydrogen) atoms. The number of rotatable bonds is 7. The summed E-state index contributed by atoms with van der Waals surface area (Å²) in [5.74, 6) is -2.24. The molecule has 2 heterocycles. The minimum atomic E-state index is -1.54. The van der Waals surface area contributed by atoms with Gasteiger partial charge in [0.05, 0.1) is 13.2 Å². The fraction of sp³-hybridized carbons (Fsp3) is 0.842. The van der Waals surface area contributed by atoms with E-state index in [4.69, 9.17) is 29.5 Å². The molecule has 2 fully saturated rings. The third-order valence-corrected chi connectivity index (χ3v) is 5.22. The van der Waals surface area contributed by atoms with Gasteiger partial charge in [0.25, 0.3) is 0 Å². The highest BCUT2D eigenvalue weighted by Gasteiger charge is 2.47. The Balaban J connectivity index is 0.000000365. The summed E-state index contributed by atoms with van der Waals surface area (Å²) in [6, 6.07) is -2.24. The van der Waals surface area contributed by atoms with E-state index in [0.717, 1.165) is 0 Å². The second-order valence-electron chi connectivity index (χ2n) is 8.00. The molecule has 10 N–H and O–H groups in total. The predicted molar refractivity (Wildman–Crippen MR) is 111 cm³/mol. The van der Waals surface area contributed by atoms with Gasteiger partial charge in [-0.25, -0.2) is 4.79 Å². The van der Waals surface area contributed by atoms with Crippen LogP contribution in [-0.2, 0) is 28.6 Å². The molecule has 0 radical (unpaired) electrons. The maximum absolute atomic E-state index is 11.1. The van der Waals surface area contributed by atoms with Gasteiger partial charge in [-0.15, -0.1) is 0 Å². The molecule has 2 aliphatic heterocycles. The highest BCUT2D eigenvalue weighted by Crippen LogP contribution is 2.24. The SMILES string of the molecule is CC(=O)N[C@H]1C(O)O[C@H](CO)[C@@H](O)[C@@H]1O.CC(=O)N[C@H]1C(O)O[C@H](CO)[C@@H](O)[C@@H]1O[C@H](C)C(=O)O. The van der Waals surface area contributed by atoms with Crippen molar-refractivity contribution in [1.29, 1.82) is 0 Å². The Morgan fingerprint density at radius 1 is 0.800 bits per heavy atom. The van der Waals surface area contributed by atoms with Crippen molar-refractivity contribution in [1.82, 2.24) is 10.6 Å². The molecule has 204 valence electrons. The summed E-state index contributed by atoms with van der Waals surface area (Å²) in [5.41, 5.74) is 0. The summed E-state index contributed by atoms with van der Waals surface area (Å²) in [5, 5.41) is 79.4. The molecule has 0 bridgehead atoms. The zero-order valence-electron chi connectivity index (χ0n) is 19.3. The first-order valence-electron chi connectivity index (χ1n) is 10.6. The van der Waals surface area contributed by atoms with E-state index in [9.17, 15) is 39.9 Å². The van der Waals surface area contributed by atoms with Crippen LogP contribution in [0.5, 0.6) is 0 Å². The fourth-order valence-corrected chi connectivity index (χ4v) is 3.42. The molecule has 0 aliphatic carbocycles. The van der Waals surface area contributed by atoms with Crippen LogP contribution in [0.25, 0.3) is 0 Å². The molecule has 0 spiro atoms. The van der Waals surface area contributed by atoms with Gasteiger partial charge in [0.1, 0.15) is 48.7 Å². The predicted octanol–water partition coefficient (Wildman–Crippen LogP) is -5.66. The number of ether oxygens (including phenoxy) is 3. The van der Waals surface area contributed by atoms with Gasteiger partial charge in [0.15, 0.2) is 18.7 Å². The number of carboxylic acids is 1. The first kappa shape index (κ1) is 31.0. The third-order valence-electron chi connectivity index (χ3n) is 5.22. The molecule has 0 aromatic heterocycles. The van der Waals surface area contributed by atoms with Crippen LogP contribution in [0, 0.1) is 0 Å². The Morgan fingerprint density at radius 2 is 1.23 bits per heavy atom. The number of aliphatic hydroxyl groups is 7. The van der Waals surface area contributed by atoms with E-state index in [-0.39, 0.29) is 0 Å². The molecule has 2 aliphatic rings. The lowest BCUT2D eigenvalue weighted by Gasteiger charge is -2.42. The maximum Gasteiger partial charge on any atom is 0.332 e. The average Bonchev–Trinajstić information content (AvgIpc) is 2.78. The summed E-state index contributed by atoms with van der Waals surface area (Å²) >= 11 is 0. The van der Waals surface area contributed by atoms with E-state index in [1.165, 1.54) is 20.8 Å². The first-order valence-corrected chi connectivity index (χ1v) is 10.6. The quantitative estimate of drug-likeness (QED) is 0.152. The van der Waals surface area contributed by atoms with Gasteiger partial charge in [0, 0.05) is 13.8 Å². The van der Waals surface area contributed by atoms with Gasteiger partial charge in [0.2, 0.25) is 11.8 Å². The Morgan fingerprint density at radius 3 is 1.66 bits per heavy atom. The van der Waals surface area contributed by atoms with Gasteiger partial charge in [-0.1, -0.05) is 0 Å². The van der Waals surface area contributed by atoms with Crippen LogP contribution in [0.3, 0.4) is 0 Å². The zero-order valence-corrected chi connectivity index (χ0v) is 19.3. The van der Waals surface area contributed by atoms with E-state index in [2.05, 4.69) is 10.6 Å². The lowest BCUT2D eigenvalue weighted by atomic mass is 9.96. The smallest absolute Gasteiger partial charge is 0.332 e. The maximum atomic E-state index is 11.1. The second kappa shape index (κ2) is 13.9. The number of aliphatic carboxylic acids is 1. The highest BCUT2D eigenvalue weighted by atomic mass is 16.6. The standard InChI is InChI=1S/C11H19NO8.C8H15NO6/c1-4(10(16)17)19-9-7(12-5(2)14)11(18)20-6(3-13)8(9)15;1-3(11)9-5-7(13)6(12)4(2-10)15-8(5)14/h4,6-9,11,13,15,18H,3H2,1-2H3,(H,12,14)(H,16,17);4-8,10,12-14H,2H2,1H3,(H,9,11)/t4-,6-,7-,8-,9-,11?;4-,5-,6-,7-,8?/m11/s1. The van der Waals surface area contributed by atoms with E-state index in [0.29, 0.717) is 0 Å². The third kappa shape index (κ3) is 8.57. The summed E-state index contributed by atoms with van der Waals surface area (Å²) < 4.78 is 14.9. The van der Waals surface area contributed by atoms with Crippen LogP contribution in [0.1, 0.15) is 20.8 Å². The lowest BCUT2D eigenvalue weighted by Crippen LogP contribution is -2.65. The highest BCUT2D eigenvalue weighted by molar-refractivity contribution is 5.74. The van der Waals surface area contributed by atoms with Crippen LogP contribution >= 0.6 is 0 Å². The summed E-state index contributed by atoms with van der Waals surface area (Å²) in [7, 11) is 0. The molecule has 0 aromatic rings. The van der Waals surface area contributed by atoms with Crippen molar-refractivity contribution < 1.29 is 69.4 Å². The topological polar surface area (TPSA) is 265 Å². The minimum absolute atomic E-state index is 0.462. The molecule has 2 unspecified atom stereocenters.